The molecule has 0 aliphatic carbocycles. The minimum atomic E-state index is -0.341. The van der Waals surface area contributed by atoms with Crippen molar-refractivity contribution in [2.45, 2.75) is 50.9 Å². The predicted octanol–water partition coefficient (Wildman–Crippen LogP) is 0.919. The van der Waals surface area contributed by atoms with Gasteiger partial charge in [0, 0.05) is 19.0 Å². The normalized spacial score (nSPS) is 29.4. The minimum Gasteiger partial charge on any atom is -0.393 e. The summed E-state index contributed by atoms with van der Waals surface area (Å²) in [5.41, 5.74) is 0. The fourth-order valence-electron chi connectivity index (χ4n) is 2.81. The molecule has 3 atom stereocenters. The van der Waals surface area contributed by atoms with Gasteiger partial charge < -0.3 is 14.4 Å². The Balaban J connectivity index is 1.59. The van der Waals surface area contributed by atoms with Crippen LogP contribution in [0.3, 0.4) is 0 Å². The van der Waals surface area contributed by atoms with Crippen LogP contribution in [0.4, 0.5) is 0 Å². The Hall–Kier alpha value is -0.980. The van der Waals surface area contributed by atoms with Gasteiger partial charge >= 0.3 is 0 Å². The van der Waals surface area contributed by atoms with Crippen molar-refractivity contribution >= 4 is 0 Å². The van der Waals surface area contributed by atoms with E-state index in [1.165, 1.54) is 12.8 Å². The monoisotopic (exact) mass is 267 g/mol. The number of fused-ring (bicyclic) bond motifs is 1. The van der Waals surface area contributed by atoms with Crippen LogP contribution in [0.5, 0.6) is 0 Å². The first-order valence-corrected chi connectivity index (χ1v) is 7.08. The highest BCUT2D eigenvalue weighted by atomic mass is 16.5. The third-order valence-electron chi connectivity index (χ3n) is 3.94. The molecule has 2 aliphatic rings. The third kappa shape index (κ3) is 2.96. The van der Waals surface area contributed by atoms with E-state index in [9.17, 15) is 5.11 Å². The molecule has 1 aromatic rings. The Morgan fingerprint density at radius 3 is 3.26 bits per heavy atom. The molecule has 0 bridgehead atoms. The molecule has 0 spiro atoms. The average molecular weight is 267 g/mol. The SMILES string of the molecule is CC(O)CCc1nc(C2CN3CCCC3CO2)no1. The second-order valence-corrected chi connectivity index (χ2v) is 5.55. The molecule has 6 nitrogen and oxygen atoms in total. The van der Waals surface area contributed by atoms with Gasteiger partial charge in [-0.3, -0.25) is 4.90 Å². The van der Waals surface area contributed by atoms with Gasteiger partial charge in [0.05, 0.1) is 12.7 Å². The van der Waals surface area contributed by atoms with Crippen LogP contribution in [0.1, 0.15) is 44.0 Å². The zero-order valence-corrected chi connectivity index (χ0v) is 11.3. The van der Waals surface area contributed by atoms with Crippen LogP contribution >= 0.6 is 0 Å². The molecule has 3 unspecified atom stereocenters. The van der Waals surface area contributed by atoms with Crippen LogP contribution in [0.2, 0.25) is 0 Å². The van der Waals surface area contributed by atoms with E-state index in [4.69, 9.17) is 9.26 Å². The zero-order chi connectivity index (χ0) is 13.2. The lowest BCUT2D eigenvalue weighted by molar-refractivity contribution is -0.0548. The van der Waals surface area contributed by atoms with Crippen molar-refractivity contribution < 1.29 is 14.4 Å². The molecule has 106 valence electrons. The number of hydrogen-bond donors (Lipinski definition) is 1. The third-order valence-corrected chi connectivity index (χ3v) is 3.94. The number of morpholine rings is 1. The fourth-order valence-corrected chi connectivity index (χ4v) is 2.81. The summed E-state index contributed by atoms with van der Waals surface area (Å²) >= 11 is 0. The summed E-state index contributed by atoms with van der Waals surface area (Å²) in [6.07, 6.45) is 3.33. The summed E-state index contributed by atoms with van der Waals surface area (Å²) in [6, 6.07) is 0.581. The van der Waals surface area contributed by atoms with Crippen molar-refractivity contribution in [3.05, 3.63) is 11.7 Å². The van der Waals surface area contributed by atoms with Crippen LogP contribution in [0.15, 0.2) is 4.52 Å². The highest BCUT2D eigenvalue weighted by Gasteiger charge is 2.34. The minimum absolute atomic E-state index is 0.0709. The van der Waals surface area contributed by atoms with E-state index in [1.807, 2.05) is 0 Å². The Kier molecular flexibility index (Phi) is 3.81. The maximum absolute atomic E-state index is 9.25. The summed E-state index contributed by atoms with van der Waals surface area (Å²) in [5, 5.41) is 13.3. The summed E-state index contributed by atoms with van der Waals surface area (Å²) in [7, 11) is 0. The van der Waals surface area contributed by atoms with Crippen molar-refractivity contribution in [1.82, 2.24) is 15.0 Å². The molecule has 2 fully saturated rings. The lowest BCUT2D eigenvalue weighted by atomic mass is 10.2. The Bertz CT molecular complexity index is 421. The lowest BCUT2D eigenvalue weighted by Crippen LogP contribution is -2.42. The first-order chi connectivity index (χ1) is 9.22. The number of rotatable bonds is 4. The second-order valence-electron chi connectivity index (χ2n) is 5.55. The summed E-state index contributed by atoms with van der Waals surface area (Å²) < 4.78 is 11.0. The molecule has 1 aromatic heterocycles. The molecule has 1 N–H and O–H groups in total. The molecular formula is C13H21N3O3. The first-order valence-electron chi connectivity index (χ1n) is 7.08. The van der Waals surface area contributed by atoms with Crippen molar-refractivity contribution in [3.8, 4) is 0 Å². The highest BCUT2D eigenvalue weighted by molar-refractivity contribution is 4.97. The molecule has 3 rings (SSSR count). The van der Waals surface area contributed by atoms with Gasteiger partial charge in [-0.25, -0.2) is 0 Å². The molecule has 2 aliphatic heterocycles. The number of aliphatic hydroxyl groups is 1. The largest absolute Gasteiger partial charge is 0.393 e. The number of hydrogen-bond acceptors (Lipinski definition) is 6. The summed E-state index contributed by atoms with van der Waals surface area (Å²) in [4.78, 5) is 6.84. The van der Waals surface area contributed by atoms with Crippen LogP contribution in [-0.4, -0.2) is 52.0 Å². The highest BCUT2D eigenvalue weighted by Crippen LogP contribution is 2.28. The first kappa shape index (κ1) is 13.0. The van der Waals surface area contributed by atoms with Gasteiger partial charge in [-0.2, -0.15) is 4.98 Å². The van der Waals surface area contributed by atoms with Crippen molar-refractivity contribution in [3.63, 3.8) is 0 Å². The average Bonchev–Trinajstić information content (AvgIpc) is 3.04. The van der Waals surface area contributed by atoms with E-state index < -0.39 is 0 Å². The van der Waals surface area contributed by atoms with E-state index in [0.29, 0.717) is 30.6 Å². The van der Waals surface area contributed by atoms with Crippen LogP contribution < -0.4 is 0 Å². The van der Waals surface area contributed by atoms with E-state index in [1.54, 1.807) is 6.92 Å². The predicted molar refractivity (Wildman–Crippen MR) is 67.6 cm³/mol. The van der Waals surface area contributed by atoms with Gasteiger partial charge in [0.1, 0.15) is 6.10 Å². The number of aryl methyl sites for hydroxylation is 1. The topological polar surface area (TPSA) is 71.6 Å². The summed E-state index contributed by atoms with van der Waals surface area (Å²) in [6.45, 7) is 4.54. The van der Waals surface area contributed by atoms with E-state index in [0.717, 1.165) is 19.7 Å². The van der Waals surface area contributed by atoms with Gasteiger partial charge in [-0.05, 0) is 32.7 Å². The van der Waals surface area contributed by atoms with Gasteiger partial charge in [0.2, 0.25) is 11.7 Å². The Labute approximate surface area is 112 Å². The van der Waals surface area contributed by atoms with Crippen LogP contribution in [0.25, 0.3) is 0 Å². The maximum atomic E-state index is 9.25. The van der Waals surface area contributed by atoms with Gasteiger partial charge in [0.15, 0.2) is 0 Å². The molecule has 6 heteroatoms. The van der Waals surface area contributed by atoms with E-state index >= 15 is 0 Å². The molecule has 0 amide bonds. The molecule has 2 saturated heterocycles. The van der Waals surface area contributed by atoms with Crippen LogP contribution in [-0.2, 0) is 11.2 Å². The van der Waals surface area contributed by atoms with Gasteiger partial charge in [-0.15, -0.1) is 0 Å². The molecule has 3 heterocycles. The molecule has 0 saturated carbocycles. The quantitative estimate of drug-likeness (QED) is 0.874. The standard InChI is InChI=1S/C13H21N3O3/c1-9(17)4-5-12-14-13(15-19-12)11-7-16-6-2-3-10(16)8-18-11/h9-11,17H,2-8H2,1H3. The van der Waals surface area contributed by atoms with Crippen molar-refractivity contribution in [1.29, 1.82) is 0 Å². The molecule has 0 aromatic carbocycles. The maximum Gasteiger partial charge on any atom is 0.226 e. The summed E-state index contributed by atoms with van der Waals surface area (Å²) in [5.74, 6) is 1.23. The van der Waals surface area contributed by atoms with Crippen molar-refractivity contribution in [2.75, 3.05) is 19.7 Å². The van der Waals surface area contributed by atoms with Gasteiger partial charge in [-0.1, -0.05) is 5.16 Å². The van der Waals surface area contributed by atoms with Gasteiger partial charge in [0.25, 0.3) is 0 Å². The van der Waals surface area contributed by atoms with Crippen molar-refractivity contribution in [2.24, 2.45) is 0 Å². The fraction of sp³-hybridized carbons (Fsp3) is 0.846. The molecule has 0 radical (unpaired) electrons. The number of aliphatic hydroxyl groups excluding tert-OH is 1. The lowest BCUT2D eigenvalue weighted by Gasteiger charge is -2.33. The molecular weight excluding hydrogens is 246 g/mol. The number of ether oxygens (including phenoxy) is 1. The van der Waals surface area contributed by atoms with Crippen LogP contribution in [0, 0.1) is 0 Å². The number of nitrogens with zero attached hydrogens (tertiary/aromatic N) is 3. The van der Waals surface area contributed by atoms with E-state index in [-0.39, 0.29) is 12.2 Å². The Morgan fingerprint density at radius 1 is 1.53 bits per heavy atom. The zero-order valence-electron chi connectivity index (χ0n) is 11.3. The number of aromatic nitrogens is 2. The van der Waals surface area contributed by atoms with E-state index in [2.05, 4.69) is 15.0 Å². The molecule has 19 heavy (non-hydrogen) atoms. The Morgan fingerprint density at radius 2 is 2.42 bits per heavy atom. The smallest absolute Gasteiger partial charge is 0.226 e. The second kappa shape index (κ2) is 5.56.